The Balaban J connectivity index is 2.17. The summed E-state index contributed by atoms with van der Waals surface area (Å²) in [6.45, 7) is 6.24. The molecule has 8 heteroatoms. The van der Waals surface area contributed by atoms with Gasteiger partial charge in [-0.25, -0.2) is 0 Å². The number of methoxy groups -OCH3 is 1. The normalized spacial score (nSPS) is 12.7. The molecule has 2 rings (SSSR count). The summed E-state index contributed by atoms with van der Waals surface area (Å²) < 4.78 is 5.32. The minimum atomic E-state index is -0.553. The Hall–Kier alpha value is -1.89. The van der Waals surface area contributed by atoms with Gasteiger partial charge >= 0.3 is 0 Å². The van der Waals surface area contributed by atoms with E-state index in [0.717, 1.165) is 17.5 Å². The summed E-state index contributed by atoms with van der Waals surface area (Å²) in [5.74, 6) is 1.36. The van der Waals surface area contributed by atoms with Crippen LogP contribution < -0.4 is 10.1 Å². The predicted octanol–water partition coefficient (Wildman–Crippen LogP) is 5.96. The molecule has 0 aromatic heterocycles. The number of amides is 2. The summed E-state index contributed by atoms with van der Waals surface area (Å²) in [5.41, 5.74) is 1.90. The van der Waals surface area contributed by atoms with Crippen molar-refractivity contribution in [2.45, 2.75) is 58.0 Å². The summed E-state index contributed by atoms with van der Waals surface area (Å²) in [7, 11) is 1.61. The number of carbonyl (C=O) groups excluding carboxylic acids is 2. The van der Waals surface area contributed by atoms with Gasteiger partial charge in [-0.05, 0) is 55.2 Å². The van der Waals surface area contributed by atoms with Crippen LogP contribution in [0.5, 0.6) is 5.75 Å². The number of hydrogen-bond donors (Lipinski definition) is 1. The van der Waals surface area contributed by atoms with Crippen LogP contribution in [0.1, 0.15) is 44.7 Å². The Morgan fingerprint density at radius 1 is 1.06 bits per heavy atom. The maximum atomic E-state index is 13.3. The summed E-state index contributed by atoms with van der Waals surface area (Å²) in [5, 5.41) is 4.02. The number of ether oxygens (including phenoxy) is 1. The first-order valence-corrected chi connectivity index (χ1v) is 12.9. The zero-order chi connectivity index (χ0) is 24.4. The second-order valence-corrected chi connectivity index (χ2v) is 9.66. The topological polar surface area (TPSA) is 58.6 Å². The lowest BCUT2D eigenvalue weighted by Gasteiger charge is -2.31. The molecule has 5 nitrogen and oxygen atoms in total. The van der Waals surface area contributed by atoms with Crippen molar-refractivity contribution >= 4 is 46.8 Å². The molecule has 0 aliphatic carbocycles. The maximum Gasteiger partial charge on any atom is 0.243 e. The van der Waals surface area contributed by atoms with Crippen LogP contribution in [0.4, 0.5) is 0 Å². The largest absolute Gasteiger partial charge is 0.497 e. The highest BCUT2D eigenvalue weighted by molar-refractivity contribution is 7.99. The highest BCUT2D eigenvalue weighted by Crippen LogP contribution is 2.25. The monoisotopic (exact) mass is 510 g/mol. The highest BCUT2D eigenvalue weighted by atomic mass is 35.5. The van der Waals surface area contributed by atoms with Crippen LogP contribution in [0.2, 0.25) is 10.0 Å². The maximum absolute atomic E-state index is 13.3. The van der Waals surface area contributed by atoms with E-state index in [1.54, 1.807) is 18.1 Å². The first-order valence-electron chi connectivity index (χ1n) is 11.0. The van der Waals surface area contributed by atoms with E-state index in [1.165, 1.54) is 11.8 Å². The van der Waals surface area contributed by atoms with Crippen molar-refractivity contribution in [1.29, 1.82) is 0 Å². The van der Waals surface area contributed by atoms with Crippen LogP contribution in [0.25, 0.3) is 0 Å². The first kappa shape index (κ1) is 27.4. The zero-order valence-corrected chi connectivity index (χ0v) is 21.9. The van der Waals surface area contributed by atoms with Gasteiger partial charge in [-0.1, -0.05) is 55.2 Å². The minimum Gasteiger partial charge on any atom is -0.497 e. The molecule has 0 radical (unpaired) electrons. The number of hydrogen-bond acceptors (Lipinski definition) is 4. The van der Waals surface area contributed by atoms with Crippen molar-refractivity contribution in [3.05, 3.63) is 63.6 Å². The number of nitrogens with one attached hydrogen (secondary N) is 1. The van der Waals surface area contributed by atoms with Gasteiger partial charge in [0.1, 0.15) is 11.8 Å². The number of rotatable bonds is 12. The van der Waals surface area contributed by atoms with E-state index in [2.05, 4.69) is 5.32 Å². The van der Waals surface area contributed by atoms with Gasteiger partial charge in [0.25, 0.3) is 0 Å². The van der Waals surface area contributed by atoms with Gasteiger partial charge in [-0.3, -0.25) is 9.59 Å². The summed E-state index contributed by atoms with van der Waals surface area (Å²) in [6.07, 6.45) is 1.35. The van der Waals surface area contributed by atoms with E-state index in [1.807, 2.05) is 57.2 Å². The third-order valence-electron chi connectivity index (χ3n) is 5.35. The van der Waals surface area contributed by atoms with Gasteiger partial charge in [-0.15, -0.1) is 11.8 Å². The van der Waals surface area contributed by atoms with Gasteiger partial charge in [0.15, 0.2) is 0 Å². The summed E-state index contributed by atoms with van der Waals surface area (Å²) in [6, 6.07) is 12.5. The molecule has 2 amide bonds. The Bertz CT molecular complexity index is 942. The number of thioether (sulfide) groups is 1. The third kappa shape index (κ3) is 8.43. The van der Waals surface area contributed by atoms with Crippen LogP contribution in [-0.2, 0) is 21.9 Å². The van der Waals surface area contributed by atoms with Crippen molar-refractivity contribution in [1.82, 2.24) is 10.2 Å². The fourth-order valence-electron chi connectivity index (χ4n) is 3.30. The van der Waals surface area contributed by atoms with Crippen molar-refractivity contribution in [2.75, 3.05) is 12.9 Å². The third-order valence-corrected chi connectivity index (χ3v) is 7.08. The average Bonchev–Trinajstić information content (AvgIpc) is 2.81. The lowest BCUT2D eigenvalue weighted by atomic mass is 10.1. The standard InChI is InChI=1S/C25H32Cl2N2O3S/c1-5-17(3)28-25(31)23(6-2)29(14-18-8-7-9-20(12-18)32-4)24(30)16-33-15-19-10-11-21(26)22(27)13-19/h7-13,17,23H,5-6,14-16H2,1-4H3,(H,28,31)/t17-,23-/m1/s1. The minimum absolute atomic E-state index is 0.0457. The number of halogens is 2. The van der Waals surface area contributed by atoms with Crippen LogP contribution >= 0.6 is 35.0 Å². The molecule has 0 fully saturated rings. The molecule has 2 atom stereocenters. The van der Waals surface area contributed by atoms with E-state index < -0.39 is 6.04 Å². The Labute approximate surface area is 211 Å². The van der Waals surface area contributed by atoms with E-state index in [4.69, 9.17) is 27.9 Å². The highest BCUT2D eigenvalue weighted by Gasteiger charge is 2.29. The Kier molecular flexibility index (Phi) is 11.4. The molecule has 0 saturated carbocycles. The molecule has 33 heavy (non-hydrogen) atoms. The summed E-state index contributed by atoms with van der Waals surface area (Å²) >= 11 is 13.6. The molecule has 2 aromatic rings. The molecule has 0 heterocycles. The molecule has 180 valence electrons. The molecular formula is C25H32Cl2N2O3S. The molecular weight excluding hydrogens is 479 g/mol. The van der Waals surface area contributed by atoms with Crippen LogP contribution in [0.3, 0.4) is 0 Å². The first-order chi connectivity index (χ1) is 15.8. The zero-order valence-electron chi connectivity index (χ0n) is 19.6. The molecule has 0 aliphatic rings. The van der Waals surface area contributed by atoms with Gasteiger partial charge in [-0.2, -0.15) is 0 Å². The average molecular weight is 512 g/mol. The molecule has 0 unspecified atom stereocenters. The van der Waals surface area contributed by atoms with Crippen molar-refractivity contribution in [3.63, 3.8) is 0 Å². The number of nitrogens with zero attached hydrogens (tertiary/aromatic N) is 1. The van der Waals surface area contributed by atoms with Crippen LogP contribution in [-0.4, -0.2) is 41.7 Å². The van der Waals surface area contributed by atoms with E-state index >= 15 is 0 Å². The molecule has 0 spiro atoms. The quantitative estimate of drug-likeness (QED) is 0.382. The van der Waals surface area contributed by atoms with E-state index in [9.17, 15) is 9.59 Å². The molecule has 0 aliphatic heterocycles. The lowest BCUT2D eigenvalue weighted by molar-refractivity contribution is -0.139. The van der Waals surface area contributed by atoms with Gasteiger partial charge in [0, 0.05) is 18.3 Å². The fourth-order valence-corrected chi connectivity index (χ4v) is 4.48. The van der Waals surface area contributed by atoms with Crippen molar-refractivity contribution < 1.29 is 14.3 Å². The Morgan fingerprint density at radius 2 is 1.82 bits per heavy atom. The lowest BCUT2D eigenvalue weighted by Crippen LogP contribution is -2.51. The fraction of sp³-hybridized carbons (Fsp3) is 0.440. The second kappa shape index (κ2) is 13.7. The number of benzene rings is 2. The van der Waals surface area contributed by atoms with Crippen molar-refractivity contribution in [3.8, 4) is 5.75 Å². The molecule has 0 bridgehead atoms. The van der Waals surface area contributed by atoms with E-state index in [-0.39, 0.29) is 23.6 Å². The van der Waals surface area contributed by atoms with Gasteiger partial charge in [0.2, 0.25) is 11.8 Å². The second-order valence-electron chi connectivity index (χ2n) is 7.86. The molecule has 2 aromatic carbocycles. The summed E-state index contributed by atoms with van der Waals surface area (Å²) in [4.78, 5) is 28.0. The molecule has 0 saturated heterocycles. The van der Waals surface area contributed by atoms with Gasteiger partial charge in [0.05, 0.1) is 22.9 Å². The van der Waals surface area contributed by atoms with E-state index in [0.29, 0.717) is 34.5 Å². The van der Waals surface area contributed by atoms with Crippen LogP contribution in [0, 0.1) is 0 Å². The number of carbonyl (C=O) groups is 2. The predicted molar refractivity (Wildman–Crippen MR) is 138 cm³/mol. The van der Waals surface area contributed by atoms with Crippen LogP contribution in [0.15, 0.2) is 42.5 Å². The Morgan fingerprint density at radius 3 is 2.45 bits per heavy atom. The van der Waals surface area contributed by atoms with Gasteiger partial charge < -0.3 is 15.0 Å². The smallest absolute Gasteiger partial charge is 0.243 e. The van der Waals surface area contributed by atoms with Crippen molar-refractivity contribution in [2.24, 2.45) is 0 Å². The SMILES string of the molecule is CC[C@@H](C)NC(=O)[C@@H](CC)N(Cc1cccc(OC)c1)C(=O)CSCc1ccc(Cl)c(Cl)c1. The molecule has 1 N–H and O–H groups in total.